The maximum atomic E-state index is 12.7. The van der Waals surface area contributed by atoms with E-state index in [1.807, 2.05) is 23.1 Å². The summed E-state index contributed by atoms with van der Waals surface area (Å²) in [5, 5.41) is 6.03. The Hall–Kier alpha value is -2.08. The van der Waals surface area contributed by atoms with E-state index < -0.39 is 0 Å². The van der Waals surface area contributed by atoms with Gasteiger partial charge in [0, 0.05) is 37.9 Å². The van der Waals surface area contributed by atoms with Crippen LogP contribution in [-0.2, 0) is 11.2 Å². The Morgan fingerprint density at radius 1 is 1.00 bits per heavy atom. The molecule has 3 aliphatic rings. The van der Waals surface area contributed by atoms with Crippen molar-refractivity contribution in [2.45, 2.75) is 44.2 Å². The number of hydrogen-bond acceptors (Lipinski definition) is 3. The zero-order chi connectivity index (χ0) is 17.2. The van der Waals surface area contributed by atoms with E-state index >= 15 is 0 Å². The standard InChI is InChI=1S/C19H26N4O2/c24-18-17(7-6-14-4-1-2-5-16(14)21-18)22-12-8-15(9-13-22)23-11-3-10-20-19(23)25/h1-2,4-5,15,17H,3,6-13H2,(H,20,25)(H,21,24). The van der Waals surface area contributed by atoms with Gasteiger partial charge in [-0.05, 0) is 43.7 Å². The highest BCUT2D eigenvalue weighted by Gasteiger charge is 2.34. The molecule has 4 rings (SSSR count). The van der Waals surface area contributed by atoms with Crippen molar-refractivity contribution >= 4 is 17.6 Å². The number of benzene rings is 1. The number of piperidine rings is 1. The number of urea groups is 1. The molecule has 0 radical (unpaired) electrons. The molecule has 3 heterocycles. The molecule has 6 nitrogen and oxygen atoms in total. The number of carbonyl (C=O) groups excluding carboxylic acids is 2. The first-order valence-electron chi connectivity index (χ1n) is 9.39. The Labute approximate surface area is 148 Å². The fourth-order valence-electron chi connectivity index (χ4n) is 4.35. The second kappa shape index (κ2) is 7.04. The molecule has 1 unspecified atom stereocenters. The highest BCUT2D eigenvalue weighted by molar-refractivity contribution is 5.96. The minimum absolute atomic E-state index is 0.0662. The minimum atomic E-state index is -0.0662. The normalized spacial score (nSPS) is 25.8. The molecular weight excluding hydrogens is 316 g/mol. The van der Waals surface area contributed by atoms with Gasteiger partial charge in [-0.1, -0.05) is 18.2 Å². The van der Waals surface area contributed by atoms with Crippen LogP contribution in [0.15, 0.2) is 24.3 Å². The number of rotatable bonds is 2. The van der Waals surface area contributed by atoms with Gasteiger partial charge in [0.2, 0.25) is 5.91 Å². The second-order valence-corrected chi connectivity index (χ2v) is 7.25. The predicted molar refractivity (Wildman–Crippen MR) is 96.5 cm³/mol. The van der Waals surface area contributed by atoms with Crippen molar-refractivity contribution < 1.29 is 9.59 Å². The second-order valence-electron chi connectivity index (χ2n) is 7.25. The van der Waals surface area contributed by atoms with E-state index in [-0.39, 0.29) is 18.0 Å². The monoisotopic (exact) mass is 342 g/mol. The van der Waals surface area contributed by atoms with Gasteiger partial charge >= 0.3 is 6.03 Å². The van der Waals surface area contributed by atoms with Gasteiger partial charge in [0.25, 0.3) is 0 Å². The van der Waals surface area contributed by atoms with Crippen molar-refractivity contribution in [3.63, 3.8) is 0 Å². The van der Waals surface area contributed by atoms with Crippen LogP contribution in [0.4, 0.5) is 10.5 Å². The molecule has 134 valence electrons. The first kappa shape index (κ1) is 16.4. The van der Waals surface area contributed by atoms with Gasteiger partial charge in [0.05, 0.1) is 6.04 Å². The fraction of sp³-hybridized carbons (Fsp3) is 0.579. The predicted octanol–water partition coefficient (Wildman–Crippen LogP) is 1.82. The van der Waals surface area contributed by atoms with Crippen LogP contribution in [-0.4, -0.2) is 60.0 Å². The molecule has 0 saturated carbocycles. The summed E-state index contributed by atoms with van der Waals surface area (Å²) in [5.41, 5.74) is 2.17. The molecule has 2 fully saturated rings. The molecule has 0 aliphatic carbocycles. The largest absolute Gasteiger partial charge is 0.338 e. The average molecular weight is 342 g/mol. The van der Waals surface area contributed by atoms with E-state index in [1.165, 1.54) is 5.56 Å². The maximum absolute atomic E-state index is 12.7. The lowest BCUT2D eigenvalue weighted by molar-refractivity contribution is -0.122. The Morgan fingerprint density at radius 3 is 2.60 bits per heavy atom. The maximum Gasteiger partial charge on any atom is 0.317 e. The first-order chi connectivity index (χ1) is 12.2. The molecule has 0 spiro atoms. The number of nitrogens with zero attached hydrogens (tertiary/aromatic N) is 2. The summed E-state index contributed by atoms with van der Waals surface area (Å²) in [6, 6.07) is 8.39. The number of para-hydroxylation sites is 1. The molecule has 0 aromatic heterocycles. The molecule has 1 atom stereocenters. The third-order valence-corrected chi connectivity index (χ3v) is 5.76. The van der Waals surface area contributed by atoms with E-state index in [0.29, 0.717) is 6.04 Å². The van der Waals surface area contributed by atoms with Crippen LogP contribution in [0.5, 0.6) is 0 Å². The minimum Gasteiger partial charge on any atom is -0.338 e. The van der Waals surface area contributed by atoms with Crippen LogP contribution in [0.1, 0.15) is 31.2 Å². The molecule has 0 bridgehead atoms. The highest BCUT2D eigenvalue weighted by Crippen LogP contribution is 2.26. The Morgan fingerprint density at radius 2 is 1.80 bits per heavy atom. The number of anilines is 1. The Bertz CT molecular complexity index is 655. The van der Waals surface area contributed by atoms with E-state index in [9.17, 15) is 9.59 Å². The van der Waals surface area contributed by atoms with Crippen LogP contribution in [0.2, 0.25) is 0 Å². The number of likely N-dealkylation sites (tertiary alicyclic amines) is 1. The van der Waals surface area contributed by atoms with Gasteiger partial charge in [-0.25, -0.2) is 4.79 Å². The van der Waals surface area contributed by atoms with Gasteiger partial charge < -0.3 is 15.5 Å². The molecule has 25 heavy (non-hydrogen) atoms. The lowest BCUT2D eigenvalue weighted by Gasteiger charge is -2.42. The Kier molecular flexibility index (Phi) is 4.61. The van der Waals surface area contributed by atoms with Crippen molar-refractivity contribution in [1.82, 2.24) is 15.1 Å². The molecule has 2 N–H and O–H groups in total. The van der Waals surface area contributed by atoms with E-state index in [0.717, 1.165) is 64.0 Å². The van der Waals surface area contributed by atoms with Crippen LogP contribution in [0.25, 0.3) is 0 Å². The molecule has 2 saturated heterocycles. The van der Waals surface area contributed by atoms with Crippen LogP contribution in [0, 0.1) is 0 Å². The number of amides is 3. The fourth-order valence-corrected chi connectivity index (χ4v) is 4.35. The SMILES string of the molecule is O=C1Nc2ccccc2CCC1N1CCC(N2CCCNC2=O)CC1. The lowest BCUT2D eigenvalue weighted by Crippen LogP contribution is -2.56. The van der Waals surface area contributed by atoms with Crippen molar-refractivity contribution in [1.29, 1.82) is 0 Å². The summed E-state index contributed by atoms with van der Waals surface area (Å²) in [7, 11) is 0. The summed E-state index contributed by atoms with van der Waals surface area (Å²) in [6.07, 6.45) is 4.70. The topological polar surface area (TPSA) is 64.7 Å². The molecule has 3 aliphatic heterocycles. The number of carbonyl (C=O) groups is 2. The van der Waals surface area contributed by atoms with Gasteiger partial charge in [0.15, 0.2) is 0 Å². The zero-order valence-corrected chi connectivity index (χ0v) is 14.5. The summed E-state index contributed by atoms with van der Waals surface area (Å²) < 4.78 is 0. The first-order valence-corrected chi connectivity index (χ1v) is 9.39. The van der Waals surface area contributed by atoms with Gasteiger partial charge in [0.1, 0.15) is 0 Å². The smallest absolute Gasteiger partial charge is 0.317 e. The van der Waals surface area contributed by atoms with Gasteiger partial charge in [-0.3, -0.25) is 9.69 Å². The van der Waals surface area contributed by atoms with E-state index in [4.69, 9.17) is 0 Å². The van der Waals surface area contributed by atoms with Crippen LogP contribution in [0.3, 0.4) is 0 Å². The highest BCUT2D eigenvalue weighted by atomic mass is 16.2. The molecule has 6 heteroatoms. The summed E-state index contributed by atoms with van der Waals surface area (Å²) in [6.45, 7) is 3.40. The summed E-state index contributed by atoms with van der Waals surface area (Å²) in [5.74, 6) is 0.110. The van der Waals surface area contributed by atoms with E-state index in [2.05, 4.69) is 21.6 Å². The number of fused-ring (bicyclic) bond motifs is 1. The van der Waals surface area contributed by atoms with Crippen LogP contribution < -0.4 is 10.6 Å². The van der Waals surface area contributed by atoms with Crippen molar-refractivity contribution in [3.05, 3.63) is 29.8 Å². The number of hydrogen-bond donors (Lipinski definition) is 2. The van der Waals surface area contributed by atoms with Crippen molar-refractivity contribution in [3.8, 4) is 0 Å². The number of nitrogens with one attached hydrogen (secondary N) is 2. The molecule has 3 amide bonds. The average Bonchev–Trinajstić information content (AvgIpc) is 2.81. The molecular formula is C19H26N4O2. The zero-order valence-electron chi connectivity index (χ0n) is 14.5. The molecule has 1 aromatic carbocycles. The van der Waals surface area contributed by atoms with Crippen LogP contribution >= 0.6 is 0 Å². The van der Waals surface area contributed by atoms with Gasteiger partial charge in [-0.2, -0.15) is 0 Å². The van der Waals surface area contributed by atoms with Gasteiger partial charge in [-0.15, -0.1) is 0 Å². The van der Waals surface area contributed by atoms with E-state index in [1.54, 1.807) is 0 Å². The quantitative estimate of drug-likeness (QED) is 0.862. The Balaban J connectivity index is 1.38. The third-order valence-electron chi connectivity index (χ3n) is 5.76. The summed E-state index contributed by atoms with van der Waals surface area (Å²) in [4.78, 5) is 29.0. The lowest BCUT2D eigenvalue weighted by atomic mass is 9.98. The third kappa shape index (κ3) is 3.35. The summed E-state index contributed by atoms with van der Waals surface area (Å²) >= 11 is 0. The number of aryl methyl sites for hydroxylation is 1. The van der Waals surface area contributed by atoms with Crippen molar-refractivity contribution in [2.24, 2.45) is 0 Å². The molecule has 1 aromatic rings. The van der Waals surface area contributed by atoms with Crippen molar-refractivity contribution in [2.75, 3.05) is 31.5 Å².